The third kappa shape index (κ3) is 4.36. The largest absolute Gasteiger partial charge is 0.493 e. The molecule has 0 aliphatic carbocycles. The van der Waals surface area contributed by atoms with E-state index in [1.54, 1.807) is 18.2 Å². The molecule has 3 aromatic carbocycles. The number of hydrogen-bond donors (Lipinski definition) is 1. The van der Waals surface area contributed by atoms with Crippen molar-refractivity contribution in [1.82, 2.24) is 0 Å². The third-order valence-corrected chi connectivity index (χ3v) is 4.51. The van der Waals surface area contributed by atoms with Crippen molar-refractivity contribution in [1.29, 1.82) is 5.26 Å². The molecule has 0 saturated carbocycles. The Kier molecular flexibility index (Phi) is 5.90. The molecule has 0 bridgehead atoms. The number of carbonyl (C=O) groups excluding carboxylic acids is 1. The number of nitrogens with zero attached hydrogens (tertiary/aromatic N) is 1. The van der Waals surface area contributed by atoms with Crippen LogP contribution >= 0.6 is 15.9 Å². The number of ether oxygens (including phenoxy) is 1. The average Bonchev–Trinajstić information content (AvgIpc) is 2.69. The molecule has 4 nitrogen and oxygen atoms in total. The van der Waals surface area contributed by atoms with E-state index < -0.39 is 5.91 Å². The van der Waals surface area contributed by atoms with Gasteiger partial charge in [0.15, 0.2) is 0 Å². The fourth-order valence-corrected chi connectivity index (χ4v) is 3.00. The minimum absolute atomic E-state index is 0.0345. The van der Waals surface area contributed by atoms with Gasteiger partial charge in [0, 0.05) is 15.5 Å². The molecule has 0 heterocycles. The molecular formula is C22H17BrN2O2. The van der Waals surface area contributed by atoms with Crippen molar-refractivity contribution < 1.29 is 9.53 Å². The molecule has 27 heavy (non-hydrogen) atoms. The summed E-state index contributed by atoms with van der Waals surface area (Å²) in [6.07, 6.45) is 1.60. The number of anilines is 1. The van der Waals surface area contributed by atoms with Gasteiger partial charge in [-0.1, -0.05) is 46.3 Å². The van der Waals surface area contributed by atoms with Crippen LogP contribution in [0.4, 0.5) is 5.69 Å². The van der Waals surface area contributed by atoms with Crippen LogP contribution < -0.4 is 10.1 Å². The molecule has 1 amide bonds. The average molecular weight is 421 g/mol. The van der Waals surface area contributed by atoms with Gasteiger partial charge in [0.05, 0.1) is 6.61 Å². The number of nitriles is 1. The number of halogens is 1. The van der Waals surface area contributed by atoms with Crippen LogP contribution in [0.1, 0.15) is 12.5 Å². The number of amides is 1. The SMILES string of the molecule is CCOc1ccc(/C=C(/C#N)C(=O)Nc2ccc(Br)cc2)c2ccccc12. The Balaban J connectivity index is 1.96. The molecule has 0 aromatic heterocycles. The highest BCUT2D eigenvalue weighted by molar-refractivity contribution is 9.10. The first-order valence-electron chi connectivity index (χ1n) is 8.45. The van der Waals surface area contributed by atoms with E-state index in [1.165, 1.54) is 0 Å². The van der Waals surface area contributed by atoms with Gasteiger partial charge in [0.25, 0.3) is 5.91 Å². The highest BCUT2D eigenvalue weighted by atomic mass is 79.9. The Morgan fingerprint density at radius 1 is 1.11 bits per heavy atom. The number of rotatable bonds is 5. The lowest BCUT2D eigenvalue weighted by Gasteiger charge is -2.10. The second kappa shape index (κ2) is 8.52. The molecule has 3 rings (SSSR count). The molecule has 0 saturated heterocycles. The molecule has 0 atom stereocenters. The van der Waals surface area contributed by atoms with Gasteiger partial charge in [0.1, 0.15) is 17.4 Å². The summed E-state index contributed by atoms with van der Waals surface area (Å²) in [4.78, 5) is 12.5. The van der Waals surface area contributed by atoms with Crippen LogP contribution in [-0.4, -0.2) is 12.5 Å². The molecule has 0 unspecified atom stereocenters. The zero-order valence-electron chi connectivity index (χ0n) is 14.7. The molecule has 3 aromatic rings. The van der Waals surface area contributed by atoms with Crippen molar-refractivity contribution in [3.8, 4) is 11.8 Å². The van der Waals surface area contributed by atoms with Crippen LogP contribution in [0.2, 0.25) is 0 Å². The predicted molar refractivity (Wildman–Crippen MR) is 111 cm³/mol. The molecular weight excluding hydrogens is 404 g/mol. The van der Waals surface area contributed by atoms with E-state index in [-0.39, 0.29) is 5.57 Å². The topological polar surface area (TPSA) is 62.1 Å². The van der Waals surface area contributed by atoms with Gasteiger partial charge in [-0.05, 0) is 54.3 Å². The summed E-state index contributed by atoms with van der Waals surface area (Å²) in [5.74, 6) is 0.334. The smallest absolute Gasteiger partial charge is 0.266 e. The summed E-state index contributed by atoms with van der Waals surface area (Å²) in [7, 11) is 0. The van der Waals surface area contributed by atoms with Gasteiger partial charge >= 0.3 is 0 Å². The Bertz CT molecular complexity index is 1050. The van der Waals surface area contributed by atoms with Gasteiger partial charge in [-0.3, -0.25) is 4.79 Å². The van der Waals surface area contributed by atoms with E-state index in [4.69, 9.17) is 4.74 Å². The molecule has 134 valence electrons. The maximum Gasteiger partial charge on any atom is 0.266 e. The highest BCUT2D eigenvalue weighted by Gasteiger charge is 2.12. The van der Waals surface area contributed by atoms with Crippen LogP contribution in [0, 0.1) is 11.3 Å². The van der Waals surface area contributed by atoms with Gasteiger partial charge in [0.2, 0.25) is 0 Å². The van der Waals surface area contributed by atoms with Gasteiger partial charge < -0.3 is 10.1 Å². The Morgan fingerprint density at radius 2 is 1.81 bits per heavy atom. The quantitative estimate of drug-likeness (QED) is 0.434. The second-order valence-electron chi connectivity index (χ2n) is 5.76. The van der Waals surface area contributed by atoms with Gasteiger partial charge in [-0.15, -0.1) is 0 Å². The molecule has 5 heteroatoms. The van der Waals surface area contributed by atoms with Crippen molar-refractivity contribution >= 4 is 44.4 Å². The summed E-state index contributed by atoms with van der Waals surface area (Å²) in [5, 5.41) is 14.1. The first-order valence-corrected chi connectivity index (χ1v) is 9.25. The lowest BCUT2D eigenvalue weighted by molar-refractivity contribution is -0.112. The standard InChI is InChI=1S/C22H17BrN2O2/c1-2-27-21-12-7-15(19-5-3-4-6-20(19)21)13-16(14-24)22(26)25-18-10-8-17(23)9-11-18/h3-13H,2H2,1H3,(H,25,26)/b16-13-. The van der Waals surface area contributed by atoms with Crippen molar-refractivity contribution in [3.63, 3.8) is 0 Å². The van der Waals surface area contributed by atoms with Crippen LogP contribution in [0.25, 0.3) is 16.8 Å². The minimum Gasteiger partial charge on any atom is -0.493 e. The van der Waals surface area contributed by atoms with Crippen molar-refractivity contribution in [3.05, 3.63) is 76.3 Å². The van der Waals surface area contributed by atoms with E-state index in [9.17, 15) is 10.1 Å². The van der Waals surface area contributed by atoms with E-state index >= 15 is 0 Å². The van der Waals surface area contributed by atoms with Crippen molar-refractivity contribution in [2.45, 2.75) is 6.92 Å². The summed E-state index contributed by atoms with van der Waals surface area (Å²) in [6.45, 7) is 2.50. The van der Waals surface area contributed by atoms with Gasteiger partial charge in [-0.2, -0.15) is 5.26 Å². The molecule has 0 aliphatic heterocycles. The predicted octanol–water partition coefficient (Wildman–Crippen LogP) is 5.55. The fraction of sp³-hybridized carbons (Fsp3) is 0.0909. The van der Waals surface area contributed by atoms with Crippen molar-refractivity contribution in [2.75, 3.05) is 11.9 Å². The summed E-state index contributed by atoms with van der Waals surface area (Å²) in [5.41, 5.74) is 1.45. The monoisotopic (exact) mass is 420 g/mol. The second-order valence-corrected chi connectivity index (χ2v) is 6.68. The number of benzene rings is 3. The van der Waals surface area contributed by atoms with Crippen LogP contribution in [0.15, 0.2) is 70.7 Å². The molecule has 1 N–H and O–H groups in total. The zero-order valence-corrected chi connectivity index (χ0v) is 16.3. The van der Waals surface area contributed by atoms with E-state index in [0.717, 1.165) is 26.6 Å². The summed E-state index contributed by atoms with van der Waals surface area (Å²) < 4.78 is 6.59. The van der Waals surface area contributed by atoms with E-state index in [0.29, 0.717) is 12.3 Å². The number of fused-ring (bicyclic) bond motifs is 1. The van der Waals surface area contributed by atoms with Crippen LogP contribution in [-0.2, 0) is 4.79 Å². The number of nitrogens with one attached hydrogen (secondary N) is 1. The first-order chi connectivity index (χ1) is 13.1. The maximum atomic E-state index is 12.5. The zero-order chi connectivity index (χ0) is 19.2. The minimum atomic E-state index is -0.446. The van der Waals surface area contributed by atoms with Crippen molar-refractivity contribution in [2.24, 2.45) is 0 Å². The molecule has 0 radical (unpaired) electrons. The van der Waals surface area contributed by atoms with E-state index in [2.05, 4.69) is 21.2 Å². The number of hydrogen-bond acceptors (Lipinski definition) is 3. The third-order valence-electron chi connectivity index (χ3n) is 3.98. The Labute approximate surface area is 166 Å². The fourth-order valence-electron chi connectivity index (χ4n) is 2.74. The summed E-state index contributed by atoms with van der Waals surface area (Å²) in [6, 6.07) is 20.7. The first kappa shape index (κ1) is 18.7. The normalized spacial score (nSPS) is 11.1. The van der Waals surface area contributed by atoms with Gasteiger partial charge in [-0.25, -0.2) is 0 Å². The molecule has 0 aliphatic rings. The van der Waals surface area contributed by atoms with Crippen LogP contribution in [0.3, 0.4) is 0 Å². The number of carbonyl (C=O) groups is 1. The Hall–Kier alpha value is -3.10. The summed E-state index contributed by atoms with van der Waals surface area (Å²) >= 11 is 3.35. The molecule has 0 fully saturated rings. The van der Waals surface area contributed by atoms with E-state index in [1.807, 2.05) is 61.5 Å². The lowest BCUT2D eigenvalue weighted by Crippen LogP contribution is -2.13. The lowest BCUT2D eigenvalue weighted by atomic mass is 10.0. The maximum absolute atomic E-state index is 12.5. The van der Waals surface area contributed by atoms with Crippen LogP contribution in [0.5, 0.6) is 5.75 Å². The Morgan fingerprint density at radius 3 is 2.48 bits per heavy atom. The highest BCUT2D eigenvalue weighted by Crippen LogP contribution is 2.30. The molecule has 0 spiro atoms.